The minimum absolute atomic E-state index is 0.143. The first-order chi connectivity index (χ1) is 10.1. The van der Waals surface area contributed by atoms with Gasteiger partial charge in [-0.05, 0) is 30.2 Å². The lowest BCUT2D eigenvalue weighted by Gasteiger charge is -2.17. The van der Waals surface area contributed by atoms with Crippen molar-refractivity contribution in [2.45, 2.75) is 12.5 Å². The zero-order chi connectivity index (χ0) is 15.2. The van der Waals surface area contributed by atoms with Crippen molar-refractivity contribution in [3.05, 3.63) is 59.7 Å². The minimum atomic E-state index is -0.364. The van der Waals surface area contributed by atoms with Gasteiger partial charge in [-0.15, -0.1) is 0 Å². The molecule has 0 unspecified atom stereocenters. The van der Waals surface area contributed by atoms with Gasteiger partial charge in [-0.2, -0.15) is 0 Å². The molecular formula is C16H19N3O2. The zero-order valence-electron chi connectivity index (χ0n) is 11.6. The molecule has 0 aliphatic heterocycles. The number of benzene rings is 2. The number of nitrogens with two attached hydrogens (primary N) is 2. The van der Waals surface area contributed by atoms with Crippen LogP contribution >= 0.6 is 0 Å². The molecule has 1 amide bonds. The van der Waals surface area contributed by atoms with Crippen molar-refractivity contribution in [3.8, 4) is 0 Å². The molecule has 0 heterocycles. The Hall–Kier alpha value is -2.53. The van der Waals surface area contributed by atoms with Gasteiger partial charge in [0.2, 0.25) is 0 Å². The van der Waals surface area contributed by atoms with Crippen LogP contribution in [0.3, 0.4) is 0 Å². The number of rotatable bonds is 5. The second kappa shape index (κ2) is 6.76. The van der Waals surface area contributed by atoms with Crippen LogP contribution < -0.4 is 16.8 Å². The van der Waals surface area contributed by atoms with Crippen molar-refractivity contribution in [2.24, 2.45) is 0 Å². The molecule has 21 heavy (non-hydrogen) atoms. The maximum Gasteiger partial charge on any atom is 0.253 e. The number of nitrogens with one attached hydrogen (secondary N) is 1. The van der Waals surface area contributed by atoms with E-state index < -0.39 is 0 Å². The van der Waals surface area contributed by atoms with Crippen molar-refractivity contribution >= 4 is 17.3 Å². The van der Waals surface area contributed by atoms with Crippen LogP contribution in [-0.2, 0) is 6.42 Å². The Morgan fingerprint density at radius 1 is 1.14 bits per heavy atom. The number of nitrogen functional groups attached to an aromatic ring is 2. The Balaban J connectivity index is 2.06. The second-order valence-corrected chi connectivity index (χ2v) is 4.89. The topological polar surface area (TPSA) is 101 Å². The Morgan fingerprint density at radius 3 is 2.48 bits per heavy atom. The second-order valence-electron chi connectivity index (χ2n) is 4.89. The lowest BCUT2D eigenvalue weighted by molar-refractivity contribution is 0.0917. The van der Waals surface area contributed by atoms with E-state index in [1.54, 1.807) is 18.2 Å². The third-order valence-corrected chi connectivity index (χ3v) is 3.20. The SMILES string of the molecule is Nc1ccc(C(=O)N[C@H](CO)Cc2ccccc2)c(N)c1. The normalized spacial score (nSPS) is 11.9. The number of anilines is 2. The van der Waals surface area contributed by atoms with E-state index in [2.05, 4.69) is 5.32 Å². The van der Waals surface area contributed by atoms with Gasteiger partial charge >= 0.3 is 0 Å². The van der Waals surface area contributed by atoms with Gasteiger partial charge in [0, 0.05) is 11.4 Å². The number of amides is 1. The van der Waals surface area contributed by atoms with Crippen molar-refractivity contribution in [1.82, 2.24) is 5.32 Å². The van der Waals surface area contributed by atoms with Crippen LogP contribution in [0.2, 0.25) is 0 Å². The van der Waals surface area contributed by atoms with Gasteiger partial charge in [0.05, 0.1) is 18.2 Å². The lowest BCUT2D eigenvalue weighted by Crippen LogP contribution is -2.39. The number of hydrogen-bond donors (Lipinski definition) is 4. The summed E-state index contributed by atoms with van der Waals surface area (Å²) in [6, 6.07) is 14.0. The first kappa shape index (κ1) is 14.9. The van der Waals surface area contributed by atoms with Crippen LogP contribution in [0, 0.1) is 0 Å². The molecule has 0 saturated heterocycles. The number of aliphatic hydroxyl groups excluding tert-OH is 1. The molecule has 5 heteroatoms. The number of carbonyl (C=O) groups is 1. The Labute approximate surface area is 123 Å². The molecule has 2 aromatic carbocycles. The Kier molecular flexibility index (Phi) is 4.79. The summed E-state index contributed by atoms with van der Waals surface area (Å²) in [5.74, 6) is -0.317. The molecule has 1 atom stereocenters. The summed E-state index contributed by atoms with van der Waals surface area (Å²) in [6.45, 7) is -0.143. The summed E-state index contributed by atoms with van der Waals surface area (Å²) in [7, 11) is 0. The van der Waals surface area contributed by atoms with Crippen LogP contribution in [0.4, 0.5) is 11.4 Å². The van der Waals surface area contributed by atoms with Crippen LogP contribution in [0.1, 0.15) is 15.9 Å². The summed E-state index contributed by atoms with van der Waals surface area (Å²) in [5, 5.41) is 12.2. The maximum atomic E-state index is 12.2. The molecule has 0 aliphatic rings. The number of aliphatic hydroxyl groups is 1. The molecule has 0 aliphatic carbocycles. The van der Waals surface area contributed by atoms with Gasteiger partial charge in [-0.25, -0.2) is 0 Å². The van der Waals surface area contributed by atoms with E-state index in [1.807, 2.05) is 30.3 Å². The third kappa shape index (κ3) is 3.97. The molecule has 0 spiro atoms. The highest BCUT2D eigenvalue weighted by molar-refractivity contribution is 5.99. The molecular weight excluding hydrogens is 266 g/mol. The highest BCUT2D eigenvalue weighted by Crippen LogP contribution is 2.16. The van der Waals surface area contributed by atoms with Crippen molar-refractivity contribution in [2.75, 3.05) is 18.1 Å². The highest BCUT2D eigenvalue weighted by atomic mass is 16.3. The molecule has 2 rings (SSSR count). The van der Waals surface area contributed by atoms with E-state index in [0.29, 0.717) is 23.4 Å². The summed E-state index contributed by atoms with van der Waals surface area (Å²) in [4.78, 5) is 12.2. The molecule has 0 saturated carbocycles. The van der Waals surface area contributed by atoms with E-state index in [9.17, 15) is 9.90 Å². The molecule has 5 nitrogen and oxygen atoms in total. The third-order valence-electron chi connectivity index (χ3n) is 3.20. The largest absolute Gasteiger partial charge is 0.399 e. The molecule has 0 fully saturated rings. The van der Waals surface area contributed by atoms with Crippen molar-refractivity contribution in [1.29, 1.82) is 0 Å². The summed E-state index contributed by atoms with van der Waals surface area (Å²) < 4.78 is 0. The average Bonchev–Trinajstić information content (AvgIpc) is 2.47. The van der Waals surface area contributed by atoms with Gasteiger partial charge in [-0.3, -0.25) is 4.79 Å². The quantitative estimate of drug-likeness (QED) is 0.620. The molecule has 0 aromatic heterocycles. The monoisotopic (exact) mass is 285 g/mol. The van der Waals surface area contributed by atoms with Gasteiger partial charge < -0.3 is 21.9 Å². The smallest absolute Gasteiger partial charge is 0.253 e. The molecule has 2 aromatic rings. The standard InChI is InChI=1S/C16H19N3O2/c17-12-6-7-14(15(18)9-12)16(21)19-13(10-20)8-11-4-2-1-3-5-11/h1-7,9,13,20H,8,10,17-18H2,(H,19,21)/t13-/m0/s1. The van der Waals surface area contributed by atoms with Gasteiger partial charge in [-0.1, -0.05) is 30.3 Å². The fraction of sp³-hybridized carbons (Fsp3) is 0.188. The van der Waals surface area contributed by atoms with Crippen LogP contribution in [0.15, 0.2) is 48.5 Å². The van der Waals surface area contributed by atoms with Crippen molar-refractivity contribution in [3.63, 3.8) is 0 Å². The first-order valence-electron chi connectivity index (χ1n) is 6.71. The predicted octanol–water partition coefficient (Wildman–Crippen LogP) is 1.18. The van der Waals surface area contributed by atoms with Crippen LogP contribution in [0.5, 0.6) is 0 Å². The fourth-order valence-corrected chi connectivity index (χ4v) is 2.11. The van der Waals surface area contributed by atoms with E-state index in [0.717, 1.165) is 5.56 Å². The van der Waals surface area contributed by atoms with Gasteiger partial charge in [0.25, 0.3) is 5.91 Å². The summed E-state index contributed by atoms with van der Waals surface area (Å²) >= 11 is 0. The molecule has 6 N–H and O–H groups in total. The number of carbonyl (C=O) groups excluding carboxylic acids is 1. The van der Waals surface area contributed by atoms with Gasteiger partial charge in [0.15, 0.2) is 0 Å². The average molecular weight is 285 g/mol. The van der Waals surface area contributed by atoms with E-state index >= 15 is 0 Å². The Morgan fingerprint density at radius 2 is 1.86 bits per heavy atom. The maximum absolute atomic E-state index is 12.2. The number of hydrogen-bond acceptors (Lipinski definition) is 4. The molecule has 0 radical (unpaired) electrons. The van der Waals surface area contributed by atoms with Crippen LogP contribution in [0.25, 0.3) is 0 Å². The van der Waals surface area contributed by atoms with E-state index in [-0.39, 0.29) is 18.6 Å². The highest BCUT2D eigenvalue weighted by Gasteiger charge is 2.15. The Bertz CT molecular complexity index is 614. The minimum Gasteiger partial charge on any atom is -0.399 e. The van der Waals surface area contributed by atoms with Gasteiger partial charge in [0.1, 0.15) is 0 Å². The summed E-state index contributed by atoms with van der Waals surface area (Å²) in [5.41, 5.74) is 13.6. The first-order valence-corrected chi connectivity index (χ1v) is 6.71. The van der Waals surface area contributed by atoms with E-state index in [4.69, 9.17) is 11.5 Å². The fourth-order valence-electron chi connectivity index (χ4n) is 2.11. The predicted molar refractivity (Wildman–Crippen MR) is 83.8 cm³/mol. The summed E-state index contributed by atoms with van der Waals surface area (Å²) in [6.07, 6.45) is 0.554. The van der Waals surface area contributed by atoms with Crippen LogP contribution in [-0.4, -0.2) is 23.7 Å². The molecule has 110 valence electrons. The van der Waals surface area contributed by atoms with Crippen molar-refractivity contribution < 1.29 is 9.90 Å². The lowest BCUT2D eigenvalue weighted by atomic mass is 10.1. The van der Waals surface area contributed by atoms with E-state index in [1.165, 1.54) is 0 Å². The zero-order valence-corrected chi connectivity index (χ0v) is 11.6. The molecule has 0 bridgehead atoms.